The zero-order chi connectivity index (χ0) is 23.3. The van der Waals surface area contributed by atoms with Crippen LogP contribution < -0.4 is 10.9 Å². The standard InChI is InChI=1S/C21H12ClF3N6O2/c22-16-9-27-17-5-4-11(10-30(16)17)29-20(33)14-8-28-31(18(14)21(23,24)25)15-3-1-2-13-12(15)6-7-26-19(13)32/h1-10H,(H,26,32)(H,29,33). The molecule has 0 spiro atoms. The van der Waals surface area contributed by atoms with Crippen molar-refractivity contribution >= 4 is 39.6 Å². The molecule has 0 saturated heterocycles. The number of amides is 1. The first-order chi connectivity index (χ1) is 15.7. The lowest BCUT2D eigenvalue weighted by atomic mass is 10.1. The average Bonchev–Trinajstić information content (AvgIpc) is 3.38. The zero-order valence-electron chi connectivity index (χ0n) is 16.4. The van der Waals surface area contributed by atoms with Gasteiger partial charge in [-0.25, -0.2) is 9.67 Å². The number of nitrogens with zero attached hydrogens (tertiary/aromatic N) is 4. The highest BCUT2D eigenvalue weighted by Crippen LogP contribution is 2.35. The summed E-state index contributed by atoms with van der Waals surface area (Å²) in [4.78, 5) is 31.4. The van der Waals surface area contributed by atoms with Crippen LogP contribution in [0.2, 0.25) is 5.15 Å². The first-order valence-corrected chi connectivity index (χ1v) is 9.82. The van der Waals surface area contributed by atoms with E-state index in [-0.39, 0.29) is 27.3 Å². The van der Waals surface area contributed by atoms with Gasteiger partial charge in [-0.1, -0.05) is 17.7 Å². The van der Waals surface area contributed by atoms with Crippen molar-refractivity contribution in [3.63, 3.8) is 0 Å². The van der Waals surface area contributed by atoms with E-state index < -0.39 is 28.9 Å². The molecule has 4 heterocycles. The fourth-order valence-corrected chi connectivity index (χ4v) is 3.77. The maximum atomic E-state index is 14.1. The van der Waals surface area contributed by atoms with E-state index in [2.05, 4.69) is 20.4 Å². The van der Waals surface area contributed by atoms with Gasteiger partial charge in [0.2, 0.25) is 0 Å². The zero-order valence-corrected chi connectivity index (χ0v) is 17.1. The van der Waals surface area contributed by atoms with E-state index in [1.54, 1.807) is 6.07 Å². The molecule has 0 atom stereocenters. The highest BCUT2D eigenvalue weighted by atomic mass is 35.5. The van der Waals surface area contributed by atoms with Gasteiger partial charge in [0.05, 0.1) is 29.3 Å². The molecule has 33 heavy (non-hydrogen) atoms. The minimum absolute atomic E-state index is 0.0107. The molecule has 0 aliphatic rings. The number of rotatable bonds is 3. The first-order valence-electron chi connectivity index (χ1n) is 9.44. The third-order valence-corrected chi connectivity index (χ3v) is 5.30. The van der Waals surface area contributed by atoms with Gasteiger partial charge in [0, 0.05) is 23.2 Å². The highest BCUT2D eigenvalue weighted by molar-refractivity contribution is 6.29. The van der Waals surface area contributed by atoms with Crippen molar-refractivity contribution in [3.05, 3.63) is 87.9 Å². The number of carbonyl (C=O) groups excluding carboxylic acids is 1. The maximum absolute atomic E-state index is 14.1. The summed E-state index contributed by atoms with van der Waals surface area (Å²) in [7, 11) is 0. The van der Waals surface area contributed by atoms with Crippen LogP contribution >= 0.6 is 11.6 Å². The van der Waals surface area contributed by atoms with Crippen LogP contribution in [0.25, 0.3) is 22.1 Å². The van der Waals surface area contributed by atoms with Crippen LogP contribution in [0.4, 0.5) is 18.9 Å². The molecule has 0 saturated carbocycles. The van der Waals surface area contributed by atoms with E-state index >= 15 is 0 Å². The Bertz CT molecular complexity index is 1600. The predicted octanol–water partition coefficient (Wildman–Crippen LogP) is 4.29. The van der Waals surface area contributed by atoms with Gasteiger partial charge >= 0.3 is 6.18 Å². The Morgan fingerprint density at radius 1 is 1.09 bits per heavy atom. The molecule has 2 N–H and O–H groups in total. The van der Waals surface area contributed by atoms with E-state index in [0.29, 0.717) is 10.3 Å². The van der Waals surface area contributed by atoms with Crippen molar-refractivity contribution in [2.75, 3.05) is 5.32 Å². The Morgan fingerprint density at radius 2 is 1.91 bits per heavy atom. The fourth-order valence-electron chi connectivity index (χ4n) is 3.58. The van der Waals surface area contributed by atoms with Crippen molar-refractivity contribution < 1.29 is 18.0 Å². The number of aromatic amines is 1. The lowest BCUT2D eigenvalue weighted by molar-refractivity contribution is -0.143. The van der Waals surface area contributed by atoms with Crippen LogP contribution in [0.5, 0.6) is 0 Å². The van der Waals surface area contributed by atoms with Gasteiger partial charge in [0.15, 0.2) is 5.69 Å². The van der Waals surface area contributed by atoms with Gasteiger partial charge < -0.3 is 10.3 Å². The molecular weight excluding hydrogens is 461 g/mol. The second-order valence-corrected chi connectivity index (χ2v) is 7.43. The molecule has 0 aliphatic heterocycles. The largest absolute Gasteiger partial charge is 0.434 e. The Morgan fingerprint density at radius 3 is 2.70 bits per heavy atom. The second kappa shape index (κ2) is 7.48. The number of H-pyrrole nitrogens is 1. The molecule has 5 rings (SSSR count). The summed E-state index contributed by atoms with van der Waals surface area (Å²) in [6.07, 6.45) is 0.105. The number of halogens is 4. The van der Waals surface area contributed by atoms with Crippen molar-refractivity contribution in [3.8, 4) is 5.69 Å². The normalized spacial score (nSPS) is 11.9. The molecule has 5 aromatic rings. The van der Waals surface area contributed by atoms with Crippen LogP contribution in [-0.2, 0) is 6.18 Å². The SMILES string of the molecule is O=C(Nc1ccc2ncc(Cl)n2c1)c1cnn(-c2cccc3c(=O)[nH]ccc23)c1C(F)(F)F. The molecule has 4 aromatic heterocycles. The van der Waals surface area contributed by atoms with Crippen LogP contribution in [0, 0.1) is 0 Å². The van der Waals surface area contributed by atoms with Gasteiger partial charge in [-0.05, 0) is 30.3 Å². The quantitative estimate of drug-likeness (QED) is 0.409. The number of benzene rings is 1. The van der Waals surface area contributed by atoms with Gasteiger partial charge in [0.25, 0.3) is 11.5 Å². The Hall–Kier alpha value is -4.12. The summed E-state index contributed by atoms with van der Waals surface area (Å²) >= 11 is 6.01. The molecule has 0 radical (unpaired) electrons. The summed E-state index contributed by atoms with van der Waals surface area (Å²) in [6.45, 7) is 0. The number of fused-ring (bicyclic) bond motifs is 2. The lowest BCUT2D eigenvalue weighted by Crippen LogP contribution is -2.21. The molecule has 1 aromatic carbocycles. The molecule has 166 valence electrons. The molecular formula is C21H12ClF3N6O2. The Kier molecular flexibility index (Phi) is 4.71. The third-order valence-electron chi connectivity index (χ3n) is 5.02. The van der Waals surface area contributed by atoms with Crippen molar-refractivity contribution in [2.45, 2.75) is 6.18 Å². The van der Waals surface area contributed by atoms with E-state index in [4.69, 9.17) is 11.6 Å². The van der Waals surface area contributed by atoms with Gasteiger partial charge in [-0.3, -0.25) is 14.0 Å². The number of nitrogens with one attached hydrogen (secondary N) is 2. The Balaban J connectivity index is 1.61. The van der Waals surface area contributed by atoms with E-state index in [9.17, 15) is 22.8 Å². The summed E-state index contributed by atoms with van der Waals surface area (Å²) in [6, 6.07) is 8.84. The number of aromatic nitrogens is 5. The fraction of sp³-hybridized carbons (Fsp3) is 0.0476. The number of imidazole rings is 1. The number of anilines is 1. The molecule has 0 unspecified atom stereocenters. The number of hydrogen-bond donors (Lipinski definition) is 2. The van der Waals surface area contributed by atoms with E-state index in [1.165, 1.54) is 53.3 Å². The molecule has 12 heteroatoms. The monoisotopic (exact) mass is 472 g/mol. The van der Waals surface area contributed by atoms with Crippen molar-refractivity contribution in [1.29, 1.82) is 0 Å². The van der Waals surface area contributed by atoms with E-state index in [1.807, 2.05) is 0 Å². The molecule has 0 fully saturated rings. The van der Waals surface area contributed by atoms with Gasteiger partial charge in [0.1, 0.15) is 10.8 Å². The number of hydrogen-bond acceptors (Lipinski definition) is 4. The molecule has 1 amide bonds. The summed E-state index contributed by atoms with van der Waals surface area (Å²) in [5, 5.41) is 6.99. The van der Waals surface area contributed by atoms with Crippen LogP contribution in [0.15, 0.2) is 66.0 Å². The average molecular weight is 473 g/mol. The second-order valence-electron chi connectivity index (χ2n) is 7.04. The summed E-state index contributed by atoms with van der Waals surface area (Å²) in [5.74, 6) is -1.01. The van der Waals surface area contributed by atoms with E-state index in [0.717, 1.165) is 6.20 Å². The topological polar surface area (TPSA) is 97.1 Å². The summed E-state index contributed by atoms with van der Waals surface area (Å²) in [5.41, 5.74) is -1.67. The lowest BCUT2D eigenvalue weighted by Gasteiger charge is -2.14. The first kappa shape index (κ1) is 20.8. The molecule has 0 aliphatic carbocycles. The minimum atomic E-state index is -4.91. The number of carbonyl (C=O) groups is 1. The van der Waals surface area contributed by atoms with Crippen LogP contribution in [-0.4, -0.2) is 30.1 Å². The van der Waals surface area contributed by atoms with Crippen LogP contribution in [0.3, 0.4) is 0 Å². The third kappa shape index (κ3) is 3.52. The molecule has 0 bridgehead atoms. The summed E-state index contributed by atoms with van der Waals surface area (Å²) < 4.78 is 44.4. The van der Waals surface area contributed by atoms with Crippen molar-refractivity contribution in [1.82, 2.24) is 24.1 Å². The predicted molar refractivity (Wildman–Crippen MR) is 115 cm³/mol. The highest BCUT2D eigenvalue weighted by Gasteiger charge is 2.41. The minimum Gasteiger partial charge on any atom is -0.329 e. The van der Waals surface area contributed by atoms with Gasteiger partial charge in [-0.15, -0.1) is 0 Å². The number of alkyl halides is 3. The van der Waals surface area contributed by atoms with Crippen molar-refractivity contribution in [2.24, 2.45) is 0 Å². The number of pyridine rings is 2. The molecule has 8 nitrogen and oxygen atoms in total. The van der Waals surface area contributed by atoms with Crippen LogP contribution in [0.1, 0.15) is 16.1 Å². The maximum Gasteiger partial charge on any atom is 0.434 e. The van der Waals surface area contributed by atoms with Gasteiger partial charge in [-0.2, -0.15) is 18.3 Å². The Labute approximate surface area is 187 Å². The smallest absolute Gasteiger partial charge is 0.329 e.